The van der Waals surface area contributed by atoms with Gasteiger partial charge in [-0.2, -0.15) is 0 Å². The van der Waals surface area contributed by atoms with Crippen LogP contribution in [0.3, 0.4) is 0 Å². The highest BCUT2D eigenvalue weighted by Gasteiger charge is 2.28. The largest absolute Gasteiger partial charge is 0.496 e. The average Bonchev–Trinajstić information content (AvgIpc) is 3.18. The second-order valence-electron chi connectivity index (χ2n) is 6.98. The quantitative estimate of drug-likeness (QED) is 0.450. The second-order valence-corrected chi connectivity index (χ2v) is 7.39. The van der Waals surface area contributed by atoms with E-state index in [1.165, 1.54) is 20.3 Å². The van der Waals surface area contributed by atoms with Gasteiger partial charge >= 0.3 is 0 Å². The maximum absolute atomic E-state index is 14.9. The van der Waals surface area contributed by atoms with Crippen molar-refractivity contribution >= 4 is 17.9 Å². The Labute approximate surface area is 179 Å². The molecule has 0 aliphatic heterocycles. The summed E-state index contributed by atoms with van der Waals surface area (Å²) in [5.41, 5.74) is 3.72. The summed E-state index contributed by atoms with van der Waals surface area (Å²) in [6.07, 6.45) is 1.92. The van der Waals surface area contributed by atoms with Crippen LogP contribution in [-0.4, -0.2) is 20.5 Å². The standard InChI is InChI=1S/C24H20ClFO4/c1-28-21-8-4-7-18(24(21)26)15-5-3-6-17-16(15)9-10-20(17)30-23-12-22(29-2)14(13-27)11-19(23)25/h3-8,11-13,20H,9-10H2,1-2H3/t20-/m0/s1. The van der Waals surface area contributed by atoms with Crippen LogP contribution < -0.4 is 14.2 Å². The highest BCUT2D eigenvalue weighted by atomic mass is 35.5. The third kappa shape index (κ3) is 3.50. The number of carbonyl (C=O) groups excluding carboxylic acids is 1. The Morgan fingerprint density at radius 3 is 2.47 bits per heavy atom. The van der Waals surface area contributed by atoms with Crippen LogP contribution in [-0.2, 0) is 6.42 Å². The molecule has 0 N–H and O–H groups in total. The maximum Gasteiger partial charge on any atom is 0.172 e. The van der Waals surface area contributed by atoms with E-state index in [4.69, 9.17) is 25.8 Å². The fourth-order valence-electron chi connectivity index (χ4n) is 3.93. The highest BCUT2D eigenvalue weighted by Crippen LogP contribution is 2.43. The van der Waals surface area contributed by atoms with E-state index in [1.54, 1.807) is 24.3 Å². The maximum atomic E-state index is 14.9. The van der Waals surface area contributed by atoms with Crippen molar-refractivity contribution in [1.29, 1.82) is 0 Å². The Bertz CT molecular complexity index is 1110. The molecular weight excluding hydrogens is 407 g/mol. The van der Waals surface area contributed by atoms with Gasteiger partial charge in [0.15, 0.2) is 17.9 Å². The number of aldehydes is 1. The molecule has 30 heavy (non-hydrogen) atoms. The van der Waals surface area contributed by atoms with Crippen LogP contribution in [0.5, 0.6) is 17.2 Å². The van der Waals surface area contributed by atoms with Gasteiger partial charge in [0.1, 0.15) is 17.6 Å². The first-order chi connectivity index (χ1) is 14.6. The van der Waals surface area contributed by atoms with Crippen LogP contribution >= 0.6 is 11.6 Å². The predicted octanol–water partition coefficient (Wildman–Crippen LogP) is 6.04. The van der Waals surface area contributed by atoms with Gasteiger partial charge in [0.25, 0.3) is 0 Å². The molecule has 0 fully saturated rings. The molecule has 0 unspecified atom stereocenters. The molecular formula is C24H20ClFO4. The van der Waals surface area contributed by atoms with Crippen LogP contribution in [0.25, 0.3) is 11.1 Å². The van der Waals surface area contributed by atoms with Crippen molar-refractivity contribution in [3.05, 3.63) is 76.1 Å². The molecule has 1 atom stereocenters. The van der Waals surface area contributed by atoms with Crippen LogP contribution in [0.4, 0.5) is 4.39 Å². The minimum absolute atomic E-state index is 0.213. The lowest BCUT2D eigenvalue weighted by atomic mass is 9.96. The molecule has 1 aliphatic carbocycles. The van der Waals surface area contributed by atoms with Gasteiger partial charge in [-0.3, -0.25) is 4.79 Å². The number of rotatable bonds is 6. The van der Waals surface area contributed by atoms with Gasteiger partial charge < -0.3 is 14.2 Å². The Hall–Kier alpha value is -3.05. The zero-order valence-corrected chi connectivity index (χ0v) is 17.3. The van der Waals surface area contributed by atoms with Crippen molar-refractivity contribution in [3.63, 3.8) is 0 Å². The molecule has 0 radical (unpaired) electrons. The summed E-state index contributed by atoms with van der Waals surface area (Å²) in [7, 11) is 2.94. The van der Waals surface area contributed by atoms with Gasteiger partial charge in [-0.25, -0.2) is 4.39 Å². The van der Waals surface area contributed by atoms with E-state index in [0.29, 0.717) is 33.9 Å². The van der Waals surface area contributed by atoms with Crippen LogP contribution in [0.2, 0.25) is 5.02 Å². The number of methoxy groups -OCH3 is 2. The van der Waals surface area contributed by atoms with Crippen LogP contribution in [0, 0.1) is 5.82 Å². The average molecular weight is 427 g/mol. The minimum atomic E-state index is -0.380. The smallest absolute Gasteiger partial charge is 0.172 e. The summed E-state index contributed by atoms with van der Waals surface area (Å²) >= 11 is 6.32. The summed E-state index contributed by atoms with van der Waals surface area (Å²) < 4.78 is 31.4. The number of ether oxygens (including phenoxy) is 3. The SMILES string of the molecule is COc1cc(O[C@H]2CCc3c(-c4cccc(OC)c4F)cccc32)c(Cl)cc1C=O. The Morgan fingerprint density at radius 1 is 1.00 bits per heavy atom. The summed E-state index contributed by atoms with van der Waals surface area (Å²) in [6, 6.07) is 14.1. The lowest BCUT2D eigenvalue weighted by Gasteiger charge is -2.18. The monoisotopic (exact) mass is 426 g/mol. The molecule has 0 bridgehead atoms. The van der Waals surface area contributed by atoms with E-state index >= 15 is 0 Å². The number of benzene rings is 3. The van der Waals surface area contributed by atoms with Crippen LogP contribution in [0.15, 0.2) is 48.5 Å². The molecule has 4 rings (SSSR count). The molecule has 0 aromatic heterocycles. The number of halogens is 2. The fourth-order valence-corrected chi connectivity index (χ4v) is 4.15. The molecule has 0 amide bonds. The molecule has 3 aromatic rings. The normalized spacial score (nSPS) is 14.9. The van der Waals surface area contributed by atoms with Gasteiger partial charge in [0.2, 0.25) is 0 Å². The van der Waals surface area contributed by atoms with Crippen molar-refractivity contribution in [1.82, 2.24) is 0 Å². The fraction of sp³-hybridized carbons (Fsp3) is 0.208. The van der Waals surface area contributed by atoms with E-state index < -0.39 is 0 Å². The Balaban J connectivity index is 1.70. The highest BCUT2D eigenvalue weighted by molar-refractivity contribution is 6.32. The Morgan fingerprint density at radius 2 is 1.73 bits per heavy atom. The molecule has 0 spiro atoms. The minimum Gasteiger partial charge on any atom is -0.496 e. The number of carbonyl (C=O) groups is 1. The van der Waals surface area contributed by atoms with Gasteiger partial charge in [-0.05, 0) is 41.7 Å². The lowest BCUT2D eigenvalue weighted by Crippen LogP contribution is -2.05. The molecule has 6 heteroatoms. The first kappa shape index (κ1) is 20.2. The van der Waals surface area contributed by atoms with Gasteiger partial charge in [-0.15, -0.1) is 0 Å². The van der Waals surface area contributed by atoms with Crippen molar-refractivity contribution < 1.29 is 23.4 Å². The third-order valence-electron chi connectivity index (χ3n) is 5.37. The summed E-state index contributed by atoms with van der Waals surface area (Å²) in [5, 5.41) is 0.335. The van der Waals surface area contributed by atoms with Gasteiger partial charge in [0, 0.05) is 11.6 Å². The summed E-state index contributed by atoms with van der Waals surface area (Å²) in [4.78, 5) is 11.2. The van der Waals surface area contributed by atoms with E-state index in [9.17, 15) is 9.18 Å². The predicted molar refractivity (Wildman–Crippen MR) is 113 cm³/mol. The summed E-state index contributed by atoms with van der Waals surface area (Å²) in [5.74, 6) is 0.671. The van der Waals surface area contributed by atoms with E-state index in [-0.39, 0.29) is 17.7 Å². The lowest BCUT2D eigenvalue weighted by molar-refractivity contribution is 0.112. The molecule has 4 nitrogen and oxygen atoms in total. The third-order valence-corrected chi connectivity index (χ3v) is 5.66. The molecule has 3 aromatic carbocycles. The number of hydrogen-bond acceptors (Lipinski definition) is 4. The molecule has 154 valence electrons. The van der Waals surface area contributed by atoms with Gasteiger partial charge in [0.05, 0.1) is 24.8 Å². The summed E-state index contributed by atoms with van der Waals surface area (Å²) in [6.45, 7) is 0. The van der Waals surface area contributed by atoms with E-state index in [0.717, 1.165) is 29.5 Å². The van der Waals surface area contributed by atoms with E-state index in [1.807, 2.05) is 18.2 Å². The second kappa shape index (κ2) is 8.36. The first-order valence-electron chi connectivity index (χ1n) is 9.51. The topological polar surface area (TPSA) is 44.8 Å². The number of fused-ring (bicyclic) bond motifs is 1. The van der Waals surface area contributed by atoms with E-state index in [2.05, 4.69) is 0 Å². The molecule has 1 aliphatic rings. The Kier molecular flexibility index (Phi) is 5.64. The van der Waals surface area contributed by atoms with Crippen LogP contribution in [0.1, 0.15) is 34.0 Å². The molecule has 0 saturated carbocycles. The zero-order chi connectivity index (χ0) is 21.3. The van der Waals surface area contributed by atoms with Crippen molar-refractivity contribution in [2.75, 3.05) is 14.2 Å². The zero-order valence-electron chi connectivity index (χ0n) is 16.6. The van der Waals surface area contributed by atoms with Crippen molar-refractivity contribution in [2.24, 2.45) is 0 Å². The number of hydrogen-bond donors (Lipinski definition) is 0. The first-order valence-corrected chi connectivity index (χ1v) is 9.89. The van der Waals surface area contributed by atoms with Crippen molar-refractivity contribution in [3.8, 4) is 28.4 Å². The molecule has 0 heterocycles. The van der Waals surface area contributed by atoms with Gasteiger partial charge in [-0.1, -0.05) is 41.9 Å². The molecule has 0 saturated heterocycles. The van der Waals surface area contributed by atoms with Crippen molar-refractivity contribution in [2.45, 2.75) is 18.9 Å².